The molecule has 0 bridgehead atoms. The SMILES string of the molecule is CCCCCN1CC(C)(C)c2c1cc1ccc3nccc4c3c1[n+]2C(CC)(CC)C4C. The van der Waals surface area contributed by atoms with Crippen LogP contribution in [0.25, 0.3) is 21.8 Å². The van der Waals surface area contributed by atoms with Crippen LogP contribution in [0, 0.1) is 0 Å². The zero-order valence-corrected chi connectivity index (χ0v) is 20.3. The molecule has 4 heterocycles. The highest BCUT2D eigenvalue weighted by atomic mass is 15.2. The van der Waals surface area contributed by atoms with Crippen LogP contribution in [0.15, 0.2) is 30.5 Å². The second kappa shape index (κ2) is 7.18. The van der Waals surface area contributed by atoms with E-state index in [4.69, 9.17) is 4.98 Å². The van der Waals surface area contributed by atoms with Gasteiger partial charge in [-0.05, 0) is 50.1 Å². The van der Waals surface area contributed by atoms with Gasteiger partial charge < -0.3 is 4.90 Å². The Labute approximate surface area is 187 Å². The molecule has 2 aliphatic heterocycles. The highest BCUT2D eigenvalue weighted by Gasteiger charge is 2.55. The van der Waals surface area contributed by atoms with Crippen molar-refractivity contribution in [3.63, 3.8) is 0 Å². The quantitative estimate of drug-likeness (QED) is 0.256. The summed E-state index contributed by atoms with van der Waals surface area (Å²) < 4.78 is 2.82. The highest BCUT2D eigenvalue weighted by Crippen LogP contribution is 2.49. The van der Waals surface area contributed by atoms with Crippen molar-refractivity contribution in [1.82, 2.24) is 4.98 Å². The topological polar surface area (TPSA) is 20.0 Å². The predicted octanol–water partition coefficient (Wildman–Crippen LogP) is 6.60. The van der Waals surface area contributed by atoms with Crippen LogP contribution >= 0.6 is 0 Å². The van der Waals surface area contributed by atoms with Gasteiger partial charge in [-0.3, -0.25) is 4.98 Å². The molecule has 0 fully saturated rings. The average Bonchev–Trinajstić information content (AvgIpc) is 3.03. The van der Waals surface area contributed by atoms with Gasteiger partial charge in [0.15, 0.2) is 5.54 Å². The van der Waals surface area contributed by atoms with E-state index in [9.17, 15) is 0 Å². The van der Waals surface area contributed by atoms with Gasteiger partial charge in [0.1, 0.15) is 5.69 Å². The molecule has 2 aromatic heterocycles. The lowest BCUT2D eigenvalue weighted by Crippen LogP contribution is -2.64. The van der Waals surface area contributed by atoms with Gasteiger partial charge in [-0.2, -0.15) is 4.57 Å². The Morgan fingerprint density at radius 2 is 1.87 bits per heavy atom. The maximum Gasteiger partial charge on any atom is 0.223 e. The molecule has 1 atom stereocenters. The highest BCUT2D eigenvalue weighted by molar-refractivity contribution is 6.05. The van der Waals surface area contributed by atoms with E-state index in [1.807, 2.05) is 6.20 Å². The molecular formula is C28H38N3+. The first-order valence-electron chi connectivity index (χ1n) is 12.5. The first-order chi connectivity index (χ1) is 14.9. The molecule has 3 aromatic rings. The van der Waals surface area contributed by atoms with Gasteiger partial charge in [0.05, 0.1) is 16.3 Å². The zero-order chi connectivity index (χ0) is 22.0. The molecule has 3 nitrogen and oxygen atoms in total. The summed E-state index contributed by atoms with van der Waals surface area (Å²) in [6, 6.07) is 9.32. The molecule has 0 aliphatic carbocycles. The average molecular weight is 417 g/mol. The van der Waals surface area contributed by atoms with E-state index in [1.54, 1.807) is 5.69 Å². The van der Waals surface area contributed by atoms with Crippen molar-refractivity contribution >= 4 is 27.5 Å². The Balaban J connectivity index is 1.90. The van der Waals surface area contributed by atoms with Crippen molar-refractivity contribution in [3.8, 4) is 0 Å². The number of unbranched alkanes of at least 4 members (excludes halogenated alkanes) is 2. The van der Waals surface area contributed by atoms with Crippen molar-refractivity contribution in [3.05, 3.63) is 41.7 Å². The first-order valence-corrected chi connectivity index (χ1v) is 12.5. The van der Waals surface area contributed by atoms with Crippen molar-refractivity contribution < 1.29 is 4.57 Å². The lowest BCUT2D eigenvalue weighted by atomic mass is 9.71. The summed E-state index contributed by atoms with van der Waals surface area (Å²) in [4.78, 5) is 7.45. The number of pyridine rings is 2. The maximum absolute atomic E-state index is 4.77. The summed E-state index contributed by atoms with van der Waals surface area (Å²) in [6.07, 6.45) is 8.16. The van der Waals surface area contributed by atoms with Crippen LogP contribution < -0.4 is 9.47 Å². The number of benzene rings is 1. The van der Waals surface area contributed by atoms with Gasteiger partial charge in [0, 0.05) is 43.4 Å². The molecule has 2 aliphatic rings. The Bertz CT molecular complexity index is 1160. The molecule has 1 unspecified atom stereocenters. The van der Waals surface area contributed by atoms with Crippen LogP contribution in [-0.2, 0) is 11.0 Å². The van der Waals surface area contributed by atoms with Gasteiger partial charge in [0.2, 0.25) is 11.2 Å². The zero-order valence-electron chi connectivity index (χ0n) is 20.3. The van der Waals surface area contributed by atoms with E-state index in [0.717, 1.165) is 31.4 Å². The fourth-order valence-electron chi connectivity index (χ4n) is 6.82. The second-order valence-electron chi connectivity index (χ2n) is 10.6. The van der Waals surface area contributed by atoms with Crippen LogP contribution in [0.4, 0.5) is 5.69 Å². The molecule has 1 aromatic carbocycles. The Morgan fingerprint density at radius 3 is 2.58 bits per heavy atom. The van der Waals surface area contributed by atoms with Crippen LogP contribution in [0.3, 0.4) is 0 Å². The minimum absolute atomic E-state index is 0.100. The summed E-state index contributed by atoms with van der Waals surface area (Å²) >= 11 is 0. The van der Waals surface area contributed by atoms with E-state index in [2.05, 4.69) is 75.3 Å². The molecule has 3 heteroatoms. The molecule has 164 valence electrons. The Kier molecular flexibility index (Phi) is 4.80. The number of anilines is 1. The molecule has 0 amide bonds. The summed E-state index contributed by atoms with van der Waals surface area (Å²) in [5.74, 6) is 0.465. The minimum Gasteiger partial charge on any atom is -0.365 e. The molecule has 0 N–H and O–H groups in total. The third-order valence-corrected chi connectivity index (χ3v) is 8.47. The summed E-state index contributed by atoms with van der Waals surface area (Å²) in [5.41, 5.74) is 7.30. The number of fused-ring (bicyclic) bond motifs is 2. The van der Waals surface area contributed by atoms with E-state index in [-0.39, 0.29) is 11.0 Å². The van der Waals surface area contributed by atoms with Crippen molar-refractivity contribution in [1.29, 1.82) is 0 Å². The molecule has 5 rings (SSSR count). The van der Waals surface area contributed by atoms with E-state index >= 15 is 0 Å². The smallest absolute Gasteiger partial charge is 0.223 e. The fraction of sp³-hybridized carbons (Fsp3) is 0.571. The van der Waals surface area contributed by atoms with Crippen LogP contribution in [0.5, 0.6) is 0 Å². The van der Waals surface area contributed by atoms with Gasteiger partial charge in [0.25, 0.3) is 0 Å². The van der Waals surface area contributed by atoms with Crippen molar-refractivity contribution in [2.24, 2.45) is 0 Å². The molecule has 0 radical (unpaired) electrons. The molecule has 0 saturated heterocycles. The van der Waals surface area contributed by atoms with Gasteiger partial charge >= 0.3 is 0 Å². The number of nitrogens with zero attached hydrogens (tertiary/aromatic N) is 3. The van der Waals surface area contributed by atoms with E-state index in [1.165, 1.54) is 46.8 Å². The largest absolute Gasteiger partial charge is 0.365 e. The number of rotatable bonds is 6. The number of aromatic nitrogens is 2. The third-order valence-electron chi connectivity index (χ3n) is 8.47. The Hall–Kier alpha value is -2.16. The molecule has 31 heavy (non-hydrogen) atoms. The summed E-state index contributed by atoms with van der Waals surface area (Å²) in [6.45, 7) is 16.7. The normalized spacial score (nSPS) is 20.7. The monoisotopic (exact) mass is 416 g/mol. The number of hydrogen-bond acceptors (Lipinski definition) is 2. The lowest BCUT2D eigenvalue weighted by Gasteiger charge is -2.39. The minimum atomic E-state index is 0.100. The van der Waals surface area contributed by atoms with Crippen LogP contribution in [0.2, 0.25) is 0 Å². The van der Waals surface area contributed by atoms with E-state index < -0.39 is 0 Å². The fourth-order valence-corrected chi connectivity index (χ4v) is 6.82. The van der Waals surface area contributed by atoms with Gasteiger partial charge in [-0.25, -0.2) is 0 Å². The van der Waals surface area contributed by atoms with Crippen molar-refractivity contribution in [2.45, 2.75) is 90.5 Å². The van der Waals surface area contributed by atoms with Crippen LogP contribution in [-0.4, -0.2) is 18.1 Å². The number of hydrogen-bond donors (Lipinski definition) is 0. The van der Waals surface area contributed by atoms with Crippen molar-refractivity contribution in [2.75, 3.05) is 18.0 Å². The standard InChI is InChI=1S/C28H38N3/c1-7-10-11-16-30-18-27(5,6)26-23(30)17-20-12-13-22-24-21(14-15-29-22)19(4)28(8-2,9-3)31(26)25(20)24/h12-15,17,19H,7-11,16,18H2,1-6H3/q+1. The van der Waals surface area contributed by atoms with E-state index in [0.29, 0.717) is 5.92 Å². The molecule has 0 saturated carbocycles. The molecule has 0 spiro atoms. The maximum atomic E-state index is 4.77. The van der Waals surface area contributed by atoms with Gasteiger partial charge in [-0.15, -0.1) is 0 Å². The van der Waals surface area contributed by atoms with Crippen LogP contribution in [0.1, 0.15) is 90.8 Å². The first kappa shape index (κ1) is 20.7. The third kappa shape index (κ3) is 2.71. The Morgan fingerprint density at radius 1 is 1.10 bits per heavy atom. The second-order valence-corrected chi connectivity index (χ2v) is 10.6. The summed E-state index contributed by atoms with van der Waals surface area (Å²) in [7, 11) is 0. The lowest BCUT2D eigenvalue weighted by molar-refractivity contribution is -0.755. The molecular weight excluding hydrogens is 378 g/mol. The predicted molar refractivity (Wildman–Crippen MR) is 131 cm³/mol. The summed E-state index contributed by atoms with van der Waals surface area (Å²) in [5, 5.41) is 2.75. The van der Waals surface area contributed by atoms with Gasteiger partial charge in [-0.1, -0.05) is 40.5 Å².